The van der Waals surface area contributed by atoms with Gasteiger partial charge in [-0.2, -0.15) is 4.98 Å². The molecule has 132 valence electrons. The van der Waals surface area contributed by atoms with Crippen LogP contribution in [-0.2, 0) is 4.79 Å². The summed E-state index contributed by atoms with van der Waals surface area (Å²) < 4.78 is 11.8. The number of rotatable bonds is 4. The number of para-hydroxylation sites is 2. The number of carbonyl (C=O) groups excluding carboxylic acids is 1. The molecule has 2 aromatic carbocycles. The standard InChI is InChI=1S/C19H16BrN3O3/c1-25-16-5-3-2-4-15(16)23-11-13(10-17(23)24)19-21-18(22-26-19)12-6-8-14(20)9-7-12/h2-9,13H,10-11H2,1H3. The monoisotopic (exact) mass is 413 g/mol. The van der Waals surface area contributed by atoms with Crippen LogP contribution in [-0.4, -0.2) is 29.7 Å². The Morgan fingerprint density at radius 1 is 1.19 bits per heavy atom. The fraction of sp³-hybridized carbons (Fsp3) is 0.211. The number of benzene rings is 2. The molecule has 1 aliphatic heterocycles. The SMILES string of the molecule is COc1ccccc1N1CC(c2nc(-c3ccc(Br)cc3)no2)CC1=O. The van der Waals surface area contributed by atoms with Crippen LogP contribution >= 0.6 is 15.9 Å². The van der Waals surface area contributed by atoms with E-state index in [4.69, 9.17) is 9.26 Å². The smallest absolute Gasteiger partial charge is 0.232 e. The molecule has 0 spiro atoms. The van der Waals surface area contributed by atoms with Crippen molar-refractivity contribution in [3.63, 3.8) is 0 Å². The van der Waals surface area contributed by atoms with Gasteiger partial charge in [-0.05, 0) is 36.4 Å². The summed E-state index contributed by atoms with van der Waals surface area (Å²) in [5.74, 6) is 1.55. The van der Waals surface area contributed by atoms with Crippen molar-refractivity contribution < 1.29 is 14.1 Å². The third kappa shape index (κ3) is 3.10. The maximum atomic E-state index is 12.5. The van der Waals surface area contributed by atoms with E-state index in [9.17, 15) is 4.79 Å². The molecule has 1 amide bonds. The molecule has 1 atom stereocenters. The number of ether oxygens (including phenoxy) is 1. The third-order valence-corrected chi connectivity index (χ3v) is 4.92. The molecule has 0 radical (unpaired) electrons. The molecule has 3 aromatic rings. The molecule has 0 N–H and O–H groups in total. The lowest BCUT2D eigenvalue weighted by molar-refractivity contribution is -0.117. The summed E-state index contributed by atoms with van der Waals surface area (Å²) in [7, 11) is 1.60. The number of hydrogen-bond acceptors (Lipinski definition) is 5. The summed E-state index contributed by atoms with van der Waals surface area (Å²) in [4.78, 5) is 18.7. The number of methoxy groups -OCH3 is 1. The van der Waals surface area contributed by atoms with E-state index in [0.29, 0.717) is 30.4 Å². The van der Waals surface area contributed by atoms with E-state index in [-0.39, 0.29) is 11.8 Å². The molecule has 1 saturated heterocycles. The maximum Gasteiger partial charge on any atom is 0.232 e. The molecule has 2 heterocycles. The minimum absolute atomic E-state index is 0.0166. The average Bonchev–Trinajstić information content (AvgIpc) is 3.29. The van der Waals surface area contributed by atoms with Crippen LogP contribution < -0.4 is 9.64 Å². The van der Waals surface area contributed by atoms with Crippen LogP contribution in [0.4, 0.5) is 5.69 Å². The topological polar surface area (TPSA) is 68.5 Å². The van der Waals surface area contributed by atoms with E-state index in [2.05, 4.69) is 26.1 Å². The van der Waals surface area contributed by atoms with Gasteiger partial charge in [-0.15, -0.1) is 0 Å². The number of anilines is 1. The first kappa shape index (κ1) is 16.8. The Hall–Kier alpha value is -2.67. The van der Waals surface area contributed by atoms with Gasteiger partial charge in [-0.3, -0.25) is 4.79 Å². The second-order valence-corrected chi connectivity index (χ2v) is 6.96. The fourth-order valence-corrected chi connectivity index (χ4v) is 3.34. The quantitative estimate of drug-likeness (QED) is 0.645. The second-order valence-electron chi connectivity index (χ2n) is 6.04. The second kappa shape index (κ2) is 6.92. The van der Waals surface area contributed by atoms with E-state index < -0.39 is 0 Å². The number of carbonyl (C=O) groups is 1. The van der Waals surface area contributed by atoms with E-state index >= 15 is 0 Å². The number of amides is 1. The van der Waals surface area contributed by atoms with Crippen LogP contribution in [0.25, 0.3) is 11.4 Å². The highest BCUT2D eigenvalue weighted by molar-refractivity contribution is 9.10. The number of halogens is 1. The molecule has 1 aromatic heterocycles. The van der Waals surface area contributed by atoms with Gasteiger partial charge in [-0.25, -0.2) is 0 Å². The molecule has 6 nitrogen and oxygen atoms in total. The van der Waals surface area contributed by atoms with Crippen LogP contribution in [0.3, 0.4) is 0 Å². The van der Waals surface area contributed by atoms with Crippen molar-refractivity contribution in [3.05, 3.63) is 58.9 Å². The summed E-state index contributed by atoms with van der Waals surface area (Å²) in [5, 5.41) is 4.06. The molecule has 0 bridgehead atoms. The van der Waals surface area contributed by atoms with Crippen LogP contribution in [0.1, 0.15) is 18.2 Å². The number of hydrogen-bond donors (Lipinski definition) is 0. The highest BCUT2D eigenvalue weighted by Crippen LogP contribution is 2.36. The predicted octanol–water partition coefficient (Wildman–Crippen LogP) is 4.03. The van der Waals surface area contributed by atoms with Crippen molar-refractivity contribution in [1.29, 1.82) is 0 Å². The Bertz CT molecular complexity index is 939. The molecule has 1 fully saturated rings. The van der Waals surface area contributed by atoms with Gasteiger partial charge in [0.1, 0.15) is 5.75 Å². The van der Waals surface area contributed by atoms with Gasteiger partial charge >= 0.3 is 0 Å². The van der Waals surface area contributed by atoms with Gasteiger partial charge in [0.25, 0.3) is 0 Å². The highest BCUT2D eigenvalue weighted by atomic mass is 79.9. The van der Waals surface area contributed by atoms with Crippen molar-refractivity contribution in [1.82, 2.24) is 10.1 Å². The Morgan fingerprint density at radius 2 is 1.96 bits per heavy atom. The van der Waals surface area contributed by atoms with Crippen LogP contribution in [0.2, 0.25) is 0 Å². The van der Waals surface area contributed by atoms with Crippen molar-refractivity contribution in [3.8, 4) is 17.1 Å². The normalized spacial score (nSPS) is 16.9. The van der Waals surface area contributed by atoms with E-state index in [0.717, 1.165) is 15.7 Å². The number of aromatic nitrogens is 2. The van der Waals surface area contributed by atoms with E-state index in [1.54, 1.807) is 12.0 Å². The molecule has 4 rings (SSSR count). The van der Waals surface area contributed by atoms with E-state index in [1.807, 2.05) is 48.5 Å². The Morgan fingerprint density at radius 3 is 2.73 bits per heavy atom. The lowest BCUT2D eigenvalue weighted by Crippen LogP contribution is -2.24. The molecule has 1 aliphatic rings. The zero-order valence-corrected chi connectivity index (χ0v) is 15.6. The van der Waals surface area contributed by atoms with Crippen LogP contribution in [0.15, 0.2) is 57.5 Å². The van der Waals surface area contributed by atoms with E-state index in [1.165, 1.54) is 0 Å². The average molecular weight is 414 g/mol. The zero-order valence-electron chi connectivity index (χ0n) is 14.1. The molecule has 1 unspecified atom stereocenters. The van der Waals surface area contributed by atoms with Crippen molar-refractivity contribution >= 4 is 27.5 Å². The molecule has 7 heteroatoms. The van der Waals surface area contributed by atoms with Crippen LogP contribution in [0, 0.1) is 0 Å². The minimum Gasteiger partial charge on any atom is -0.495 e. The Labute approximate surface area is 158 Å². The van der Waals surface area contributed by atoms with Gasteiger partial charge in [0, 0.05) is 23.0 Å². The van der Waals surface area contributed by atoms with Gasteiger partial charge in [0.15, 0.2) is 0 Å². The van der Waals surface area contributed by atoms with Gasteiger partial charge in [0.05, 0.1) is 18.7 Å². The fourth-order valence-electron chi connectivity index (χ4n) is 3.08. The molecular formula is C19H16BrN3O3. The third-order valence-electron chi connectivity index (χ3n) is 4.39. The van der Waals surface area contributed by atoms with Crippen molar-refractivity contribution in [2.45, 2.75) is 12.3 Å². The molecule has 26 heavy (non-hydrogen) atoms. The summed E-state index contributed by atoms with van der Waals surface area (Å²) in [6, 6.07) is 15.2. The molecule has 0 saturated carbocycles. The summed E-state index contributed by atoms with van der Waals surface area (Å²) in [6.07, 6.45) is 0.333. The number of nitrogens with zero attached hydrogens (tertiary/aromatic N) is 3. The Kier molecular flexibility index (Phi) is 4.46. The Balaban J connectivity index is 1.57. The highest BCUT2D eigenvalue weighted by Gasteiger charge is 2.36. The maximum absolute atomic E-state index is 12.5. The first-order valence-electron chi connectivity index (χ1n) is 8.18. The summed E-state index contributed by atoms with van der Waals surface area (Å²) >= 11 is 3.41. The molecular weight excluding hydrogens is 398 g/mol. The minimum atomic E-state index is -0.135. The predicted molar refractivity (Wildman–Crippen MR) is 100 cm³/mol. The van der Waals surface area contributed by atoms with Crippen molar-refractivity contribution in [2.24, 2.45) is 0 Å². The first-order valence-corrected chi connectivity index (χ1v) is 8.98. The lowest BCUT2D eigenvalue weighted by Gasteiger charge is -2.18. The first-order chi connectivity index (χ1) is 12.7. The van der Waals surface area contributed by atoms with Gasteiger partial charge in [0.2, 0.25) is 17.6 Å². The molecule has 0 aliphatic carbocycles. The van der Waals surface area contributed by atoms with Crippen molar-refractivity contribution in [2.75, 3.05) is 18.6 Å². The lowest BCUT2D eigenvalue weighted by atomic mass is 10.1. The van der Waals surface area contributed by atoms with Crippen LogP contribution in [0.5, 0.6) is 5.75 Å². The van der Waals surface area contributed by atoms with Gasteiger partial charge in [-0.1, -0.05) is 33.2 Å². The summed E-state index contributed by atoms with van der Waals surface area (Å²) in [5.41, 5.74) is 1.63. The zero-order chi connectivity index (χ0) is 18.1. The summed E-state index contributed by atoms with van der Waals surface area (Å²) in [6.45, 7) is 0.487. The van der Waals surface area contributed by atoms with Gasteiger partial charge < -0.3 is 14.2 Å². The largest absolute Gasteiger partial charge is 0.495 e.